The van der Waals surface area contributed by atoms with Crippen molar-refractivity contribution in [1.29, 1.82) is 0 Å². The molecule has 0 aliphatic carbocycles. The Morgan fingerprint density at radius 3 is 2.90 bits per heavy atom. The summed E-state index contributed by atoms with van der Waals surface area (Å²) < 4.78 is 1.77. The smallest absolute Gasteiger partial charge is 0.259 e. The maximum absolute atomic E-state index is 13.4. The second kappa shape index (κ2) is 8.71. The molecule has 0 unspecified atom stereocenters. The van der Waals surface area contributed by atoms with Gasteiger partial charge in [0, 0.05) is 37.7 Å². The third kappa shape index (κ3) is 4.19. The number of nitrogens with one attached hydrogen (secondary N) is 1. The summed E-state index contributed by atoms with van der Waals surface area (Å²) in [6, 6.07) is 1.73. The molecule has 2 aliphatic heterocycles. The Balaban J connectivity index is 1.57. The lowest BCUT2D eigenvalue weighted by Crippen LogP contribution is -2.45. The summed E-state index contributed by atoms with van der Waals surface area (Å²) in [4.78, 5) is 44.8. The van der Waals surface area contributed by atoms with Crippen LogP contribution in [0.3, 0.4) is 0 Å². The number of hydrogen-bond acceptors (Lipinski definition) is 5. The Morgan fingerprint density at radius 1 is 1.33 bits per heavy atom. The average molecular weight is 429 g/mol. The van der Waals surface area contributed by atoms with E-state index in [1.807, 2.05) is 30.7 Å². The van der Waals surface area contributed by atoms with E-state index in [4.69, 9.17) is 4.98 Å². The van der Waals surface area contributed by atoms with Crippen molar-refractivity contribution >= 4 is 23.2 Å². The number of nitrogens with zero attached hydrogens (tertiary/aromatic N) is 3. The Morgan fingerprint density at radius 2 is 2.17 bits per heavy atom. The minimum absolute atomic E-state index is 0.0172. The largest absolute Gasteiger partial charge is 0.354 e. The van der Waals surface area contributed by atoms with Crippen molar-refractivity contribution < 1.29 is 9.59 Å². The van der Waals surface area contributed by atoms with Crippen LogP contribution in [0, 0.1) is 5.92 Å². The molecule has 2 amide bonds. The first-order chi connectivity index (χ1) is 14.4. The minimum Gasteiger partial charge on any atom is -0.354 e. The molecule has 0 fully saturated rings. The van der Waals surface area contributed by atoms with Crippen LogP contribution >= 0.6 is 11.3 Å². The summed E-state index contributed by atoms with van der Waals surface area (Å²) in [5.74, 6) is 1.09. The number of hydrogen-bond donors (Lipinski definition) is 1. The number of aryl methyl sites for hydroxylation is 1. The molecular formula is C22H28N4O3S. The minimum atomic E-state index is -0.0851. The SMILES string of the molecule is CC(C)CC(=O)NC[C@H]1CCCc2nc3c(c(=O)n21)CN(C(=O)c1ccsc1)CC3. The fourth-order valence-electron chi connectivity index (χ4n) is 4.33. The number of fused-ring (bicyclic) bond motifs is 2. The number of thiophene rings is 1. The van der Waals surface area contributed by atoms with Crippen molar-refractivity contribution in [2.24, 2.45) is 5.92 Å². The molecule has 1 atom stereocenters. The standard InChI is InChI=1S/C22H28N4O3S/c1-14(2)10-20(27)23-11-16-4-3-5-19-24-18-6-8-25(12-17(18)22(29)26(16)19)21(28)15-7-9-30-13-15/h7,9,13-14,16H,3-6,8,10-12H2,1-2H3,(H,23,27)/t16-/m1/s1. The van der Waals surface area contributed by atoms with Crippen molar-refractivity contribution in [3.63, 3.8) is 0 Å². The first-order valence-electron chi connectivity index (χ1n) is 10.7. The zero-order valence-electron chi connectivity index (χ0n) is 17.5. The van der Waals surface area contributed by atoms with Gasteiger partial charge in [0.2, 0.25) is 5.91 Å². The lowest BCUT2D eigenvalue weighted by Gasteiger charge is -2.32. The quantitative estimate of drug-likeness (QED) is 0.793. The maximum Gasteiger partial charge on any atom is 0.259 e. The predicted octanol–water partition coefficient (Wildman–Crippen LogP) is 2.54. The molecule has 2 aromatic rings. The lowest BCUT2D eigenvalue weighted by atomic mass is 10.00. The molecule has 0 aromatic carbocycles. The molecule has 0 saturated heterocycles. The fraction of sp³-hybridized carbons (Fsp3) is 0.545. The fourth-order valence-corrected chi connectivity index (χ4v) is 4.96. The van der Waals surface area contributed by atoms with Crippen LogP contribution in [-0.4, -0.2) is 39.4 Å². The van der Waals surface area contributed by atoms with Gasteiger partial charge in [0.05, 0.1) is 29.4 Å². The highest BCUT2D eigenvalue weighted by molar-refractivity contribution is 7.08. The monoisotopic (exact) mass is 428 g/mol. The van der Waals surface area contributed by atoms with Gasteiger partial charge in [-0.2, -0.15) is 11.3 Å². The van der Waals surface area contributed by atoms with E-state index in [1.54, 1.807) is 9.47 Å². The number of aromatic nitrogens is 2. The highest BCUT2D eigenvalue weighted by Crippen LogP contribution is 2.25. The molecule has 0 radical (unpaired) electrons. The van der Waals surface area contributed by atoms with E-state index in [0.29, 0.717) is 49.5 Å². The lowest BCUT2D eigenvalue weighted by molar-refractivity contribution is -0.121. The number of carbonyl (C=O) groups excluding carboxylic acids is 2. The molecule has 2 aliphatic rings. The van der Waals surface area contributed by atoms with Gasteiger partial charge >= 0.3 is 0 Å². The average Bonchev–Trinajstić information content (AvgIpc) is 3.26. The first kappa shape index (κ1) is 20.8. The number of amides is 2. The van der Waals surface area contributed by atoms with Gasteiger partial charge in [-0.1, -0.05) is 13.8 Å². The summed E-state index contributed by atoms with van der Waals surface area (Å²) >= 11 is 1.49. The van der Waals surface area contributed by atoms with E-state index in [1.165, 1.54) is 11.3 Å². The normalized spacial score (nSPS) is 18.1. The summed E-state index contributed by atoms with van der Waals surface area (Å²) in [6.45, 7) is 5.34. The van der Waals surface area contributed by atoms with Crippen LogP contribution in [-0.2, 0) is 24.2 Å². The van der Waals surface area contributed by atoms with E-state index in [2.05, 4.69) is 5.32 Å². The van der Waals surface area contributed by atoms with Crippen LogP contribution in [0.5, 0.6) is 0 Å². The first-order valence-corrected chi connectivity index (χ1v) is 11.6. The molecule has 30 heavy (non-hydrogen) atoms. The maximum atomic E-state index is 13.4. The number of carbonyl (C=O) groups is 2. The Hall–Kier alpha value is -2.48. The summed E-state index contributed by atoms with van der Waals surface area (Å²) in [5, 5.41) is 6.71. The third-order valence-corrected chi connectivity index (χ3v) is 6.50. The van der Waals surface area contributed by atoms with Crippen LogP contribution in [0.1, 0.15) is 66.6 Å². The van der Waals surface area contributed by atoms with Gasteiger partial charge in [0.25, 0.3) is 11.5 Å². The zero-order chi connectivity index (χ0) is 21.3. The van der Waals surface area contributed by atoms with Gasteiger partial charge in [-0.05, 0) is 30.2 Å². The Labute approximate surface area is 180 Å². The van der Waals surface area contributed by atoms with Gasteiger partial charge in [-0.15, -0.1) is 0 Å². The molecule has 160 valence electrons. The van der Waals surface area contributed by atoms with E-state index in [-0.39, 0.29) is 23.4 Å². The van der Waals surface area contributed by atoms with Crippen LogP contribution < -0.4 is 10.9 Å². The Bertz CT molecular complexity index is 997. The molecule has 4 heterocycles. The summed E-state index contributed by atoms with van der Waals surface area (Å²) in [5.41, 5.74) is 2.06. The highest BCUT2D eigenvalue weighted by atomic mass is 32.1. The van der Waals surface area contributed by atoms with E-state index >= 15 is 0 Å². The molecule has 2 aromatic heterocycles. The molecule has 0 bridgehead atoms. The molecule has 0 spiro atoms. The number of rotatable bonds is 5. The molecule has 8 heteroatoms. The van der Waals surface area contributed by atoms with Crippen LogP contribution in [0.25, 0.3) is 0 Å². The Kier molecular flexibility index (Phi) is 6.04. The van der Waals surface area contributed by atoms with E-state index in [9.17, 15) is 14.4 Å². The van der Waals surface area contributed by atoms with Gasteiger partial charge in [0.15, 0.2) is 0 Å². The second-order valence-electron chi connectivity index (χ2n) is 8.57. The highest BCUT2D eigenvalue weighted by Gasteiger charge is 2.30. The predicted molar refractivity (Wildman–Crippen MR) is 116 cm³/mol. The van der Waals surface area contributed by atoms with Crippen molar-refractivity contribution in [2.75, 3.05) is 13.1 Å². The summed E-state index contributed by atoms with van der Waals surface area (Å²) in [6.07, 6.45) is 3.66. The van der Waals surface area contributed by atoms with Crippen molar-refractivity contribution in [1.82, 2.24) is 19.8 Å². The van der Waals surface area contributed by atoms with Gasteiger partial charge in [-0.3, -0.25) is 19.0 Å². The zero-order valence-corrected chi connectivity index (χ0v) is 18.3. The second-order valence-corrected chi connectivity index (χ2v) is 9.35. The van der Waals surface area contributed by atoms with Crippen molar-refractivity contribution in [2.45, 2.75) is 58.5 Å². The van der Waals surface area contributed by atoms with Crippen molar-refractivity contribution in [3.05, 3.63) is 49.8 Å². The van der Waals surface area contributed by atoms with E-state index in [0.717, 1.165) is 30.8 Å². The third-order valence-electron chi connectivity index (χ3n) is 5.82. The van der Waals surface area contributed by atoms with Crippen LogP contribution in [0.15, 0.2) is 21.6 Å². The topological polar surface area (TPSA) is 84.3 Å². The molecular weight excluding hydrogens is 400 g/mol. The molecule has 1 N–H and O–H groups in total. The van der Waals surface area contributed by atoms with E-state index < -0.39 is 0 Å². The van der Waals surface area contributed by atoms with Gasteiger partial charge in [0.1, 0.15) is 5.82 Å². The van der Waals surface area contributed by atoms with Crippen LogP contribution in [0.2, 0.25) is 0 Å². The molecule has 0 saturated carbocycles. The summed E-state index contributed by atoms with van der Waals surface area (Å²) in [7, 11) is 0. The van der Waals surface area contributed by atoms with Crippen LogP contribution in [0.4, 0.5) is 0 Å². The molecule has 7 nitrogen and oxygen atoms in total. The van der Waals surface area contributed by atoms with Gasteiger partial charge in [-0.25, -0.2) is 4.98 Å². The van der Waals surface area contributed by atoms with Crippen molar-refractivity contribution in [3.8, 4) is 0 Å². The molecule has 4 rings (SSSR count). The van der Waals surface area contributed by atoms with Gasteiger partial charge < -0.3 is 10.2 Å².